The summed E-state index contributed by atoms with van der Waals surface area (Å²) in [5, 5.41) is 12.6. The van der Waals surface area contributed by atoms with E-state index in [0.29, 0.717) is 15.9 Å². The first-order chi connectivity index (χ1) is 14.4. The van der Waals surface area contributed by atoms with Crippen molar-refractivity contribution in [3.63, 3.8) is 0 Å². The molecule has 1 amide bonds. The van der Waals surface area contributed by atoms with Crippen molar-refractivity contribution in [2.75, 3.05) is 11.6 Å². The fraction of sp³-hybridized carbons (Fsp3) is 0.0526. The highest BCUT2D eigenvalue weighted by Crippen LogP contribution is 2.21. The highest BCUT2D eigenvalue weighted by atomic mass is 32.2. The standard InChI is InChI=1S/C19H14N4O4S3/c1-28-19-22-18(29-23-19)21-17(24)14(12-20)11-13-7-9-15(10-8-13)27-30(25,26)16-5-3-2-4-6-16/h2-11H,1H3,(H,21,22,23,24). The van der Waals surface area contributed by atoms with Gasteiger partial charge >= 0.3 is 10.1 Å². The lowest BCUT2D eigenvalue weighted by atomic mass is 10.1. The molecule has 0 saturated carbocycles. The van der Waals surface area contributed by atoms with Crippen LogP contribution in [0.2, 0.25) is 0 Å². The number of amides is 1. The fourth-order valence-electron chi connectivity index (χ4n) is 2.20. The zero-order valence-corrected chi connectivity index (χ0v) is 17.9. The predicted octanol–water partition coefficient (Wildman–Crippen LogP) is 3.57. The Morgan fingerprint density at radius 2 is 1.90 bits per heavy atom. The summed E-state index contributed by atoms with van der Waals surface area (Å²) in [5.74, 6) is -0.509. The second-order valence-corrected chi connectivity index (χ2v) is 8.70. The molecule has 1 heterocycles. The van der Waals surface area contributed by atoms with Crippen molar-refractivity contribution in [2.45, 2.75) is 10.1 Å². The Morgan fingerprint density at radius 3 is 2.50 bits per heavy atom. The average molecular weight is 459 g/mol. The third-order valence-corrected chi connectivity index (χ3v) is 6.16. The molecule has 0 aliphatic heterocycles. The number of anilines is 1. The van der Waals surface area contributed by atoms with Gasteiger partial charge in [0.2, 0.25) is 10.3 Å². The Balaban J connectivity index is 1.72. The molecule has 0 saturated heterocycles. The maximum absolute atomic E-state index is 12.3. The quantitative estimate of drug-likeness (QED) is 0.247. The van der Waals surface area contributed by atoms with Gasteiger partial charge in [0.05, 0.1) is 0 Å². The van der Waals surface area contributed by atoms with Crippen LogP contribution in [0.3, 0.4) is 0 Å². The van der Waals surface area contributed by atoms with E-state index in [9.17, 15) is 18.5 Å². The summed E-state index contributed by atoms with van der Waals surface area (Å²) < 4.78 is 33.6. The number of aromatic nitrogens is 2. The molecule has 0 atom stereocenters. The SMILES string of the molecule is CSc1nsc(NC(=O)C(C#N)=Cc2ccc(OS(=O)(=O)c3ccccc3)cc2)n1. The Kier molecular flexibility index (Phi) is 6.83. The number of thioether (sulfide) groups is 1. The van der Waals surface area contributed by atoms with Crippen LogP contribution in [-0.4, -0.2) is 29.9 Å². The second-order valence-electron chi connectivity index (χ2n) is 5.63. The summed E-state index contributed by atoms with van der Waals surface area (Å²) in [6, 6.07) is 15.6. The van der Waals surface area contributed by atoms with Gasteiger partial charge in [0.25, 0.3) is 5.91 Å². The van der Waals surface area contributed by atoms with Crippen molar-refractivity contribution in [1.29, 1.82) is 5.26 Å². The lowest BCUT2D eigenvalue weighted by Crippen LogP contribution is -2.13. The first kappa shape index (κ1) is 21.5. The second kappa shape index (κ2) is 9.53. The van der Waals surface area contributed by atoms with Crippen molar-refractivity contribution in [1.82, 2.24) is 9.36 Å². The van der Waals surface area contributed by atoms with Gasteiger partial charge in [-0.2, -0.15) is 23.0 Å². The van der Waals surface area contributed by atoms with Crippen LogP contribution in [0.15, 0.2) is 70.2 Å². The smallest absolute Gasteiger partial charge is 0.339 e. The van der Waals surface area contributed by atoms with Crippen molar-refractivity contribution < 1.29 is 17.4 Å². The number of nitriles is 1. The van der Waals surface area contributed by atoms with Gasteiger partial charge in [-0.3, -0.25) is 10.1 Å². The number of carbonyl (C=O) groups excluding carboxylic acids is 1. The van der Waals surface area contributed by atoms with E-state index in [2.05, 4.69) is 14.7 Å². The van der Waals surface area contributed by atoms with E-state index in [1.807, 2.05) is 12.3 Å². The molecule has 1 aromatic heterocycles. The molecule has 8 nitrogen and oxygen atoms in total. The van der Waals surface area contributed by atoms with Crippen LogP contribution in [0.5, 0.6) is 5.75 Å². The summed E-state index contributed by atoms with van der Waals surface area (Å²) in [6.45, 7) is 0. The van der Waals surface area contributed by atoms with Crippen LogP contribution in [0.1, 0.15) is 5.56 Å². The number of hydrogen-bond acceptors (Lipinski definition) is 9. The molecule has 1 N–H and O–H groups in total. The monoisotopic (exact) mass is 458 g/mol. The molecule has 0 unspecified atom stereocenters. The van der Waals surface area contributed by atoms with Crippen LogP contribution in [0.4, 0.5) is 5.13 Å². The number of carbonyl (C=O) groups is 1. The minimum Gasteiger partial charge on any atom is -0.379 e. The highest BCUT2D eigenvalue weighted by molar-refractivity contribution is 7.98. The summed E-state index contributed by atoms with van der Waals surface area (Å²) >= 11 is 2.36. The van der Waals surface area contributed by atoms with Crippen LogP contribution >= 0.6 is 23.3 Å². The van der Waals surface area contributed by atoms with Crippen LogP contribution in [0, 0.1) is 11.3 Å². The van der Waals surface area contributed by atoms with E-state index in [-0.39, 0.29) is 16.2 Å². The molecule has 0 spiro atoms. The highest BCUT2D eigenvalue weighted by Gasteiger charge is 2.16. The number of rotatable bonds is 7. The molecular weight excluding hydrogens is 444 g/mol. The summed E-state index contributed by atoms with van der Waals surface area (Å²) in [4.78, 5) is 16.4. The van der Waals surface area contributed by atoms with Crippen molar-refractivity contribution >= 4 is 50.5 Å². The van der Waals surface area contributed by atoms with Gasteiger partial charge in [-0.05, 0) is 42.2 Å². The van der Waals surface area contributed by atoms with Crippen molar-refractivity contribution in [3.8, 4) is 11.8 Å². The number of nitrogens with one attached hydrogen (secondary N) is 1. The third kappa shape index (κ3) is 5.44. The molecule has 0 radical (unpaired) electrons. The largest absolute Gasteiger partial charge is 0.379 e. The fourth-order valence-corrected chi connectivity index (χ4v) is 4.28. The minimum atomic E-state index is -3.95. The number of benzene rings is 2. The van der Waals surface area contributed by atoms with Gasteiger partial charge in [0.1, 0.15) is 22.3 Å². The summed E-state index contributed by atoms with van der Waals surface area (Å²) in [5.41, 5.74) is 0.384. The van der Waals surface area contributed by atoms with Crippen LogP contribution < -0.4 is 9.50 Å². The molecule has 152 valence electrons. The zero-order chi connectivity index (χ0) is 21.6. The molecule has 0 bridgehead atoms. The van der Waals surface area contributed by atoms with E-state index >= 15 is 0 Å². The minimum absolute atomic E-state index is 0.0405. The molecule has 3 rings (SSSR count). The Morgan fingerprint density at radius 1 is 1.20 bits per heavy atom. The molecule has 3 aromatic rings. The Hall–Kier alpha value is -3.20. The Bertz CT molecular complexity index is 1210. The molecule has 2 aromatic carbocycles. The number of hydrogen-bond donors (Lipinski definition) is 1. The lowest BCUT2D eigenvalue weighted by molar-refractivity contribution is -0.112. The maximum Gasteiger partial charge on any atom is 0.339 e. The molecule has 0 aliphatic carbocycles. The third-order valence-electron chi connectivity index (χ3n) is 3.60. The lowest BCUT2D eigenvalue weighted by Gasteiger charge is -2.07. The number of nitrogens with zero attached hydrogens (tertiary/aromatic N) is 3. The van der Waals surface area contributed by atoms with E-state index in [1.165, 1.54) is 54.2 Å². The van der Waals surface area contributed by atoms with Crippen molar-refractivity contribution in [2.24, 2.45) is 0 Å². The van der Waals surface area contributed by atoms with Gasteiger partial charge in [0, 0.05) is 11.5 Å². The van der Waals surface area contributed by atoms with E-state index < -0.39 is 16.0 Å². The van der Waals surface area contributed by atoms with Crippen LogP contribution in [0.25, 0.3) is 6.08 Å². The summed E-state index contributed by atoms with van der Waals surface area (Å²) in [6.07, 6.45) is 3.19. The van der Waals surface area contributed by atoms with Gasteiger partial charge in [-0.15, -0.1) is 0 Å². The predicted molar refractivity (Wildman–Crippen MR) is 115 cm³/mol. The van der Waals surface area contributed by atoms with Gasteiger partial charge in [0.15, 0.2) is 0 Å². The van der Waals surface area contributed by atoms with Crippen molar-refractivity contribution in [3.05, 3.63) is 65.7 Å². The molecule has 0 aliphatic rings. The molecule has 30 heavy (non-hydrogen) atoms. The van der Waals surface area contributed by atoms with E-state index in [1.54, 1.807) is 18.2 Å². The average Bonchev–Trinajstić information content (AvgIpc) is 3.21. The van der Waals surface area contributed by atoms with Crippen LogP contribution in [-0.2, 0) is 14.9 Å². The molecule has 11 heteroatoms. The topological polar surface area (TPSA) is 122 Å². The van der Waals surface area contributed by atoms with E-state index in [4.69, 9.17) is 4.18 Å². The molecule has 0 fully saturated rings. The normalized spacial score (nSPS) is 11.5. The zero-order valence-electron chi connectivity index (χ0n) is 15.5. The van der Waals surface area contributed by atoms with Gasteiger partial charge in [-0.1, -0.05) is 42.1 Å². The van der Waals surface area contributed by atoms with Gasteiger partial charge in [-0.25, -0.2) is 0 Å². The summed E-state index contributed by atoms with van der Waals surface area (Å²) in [7, 11) is -3.95. The first-order valence-electron chi connectivity index (χ1n) is 8.32. The Labute approximate surface area is 181 Å². The van der Waals surface area contributed by atoms with Gasteiger partial charge < -0.3 is 4.18 Å². The maximum atomic E-state index is 12.3. The molecular formula is C19H14N4O4S3. The van der Waals surface area contributed by atoms with E-state index in [0.717, 1.165) is 11.5 Å². The first-order valence-corrected chi connectivity index (χ1v) is 11.7.